The van der Waals surface area contributed by atoms with Gasteiger partial charge in [-0.3, -0.25) is 4.79 Å². The van der Waals surface area contributed by atoms with E-state index in [2.05, 4.69) is 41.2 Å². The van der Waals surface area contributed by atoms with Gasteiger partial charge in [0.25, 0.3) is 0 Å². The molecule has 2 unspecified atom stereocenters. The third kappa shape index (κ3) is 7.97. The number of nitrogens with zero attached hydrogens (tertiary/aromatic N) is 2. The molecule has 2 heterocycles. The first-order valence-corrected chi connectivity index (χ1v) is 13.0. The first-order valence-electron chi connectivity index (χ1n) is 13.0. The molecule has 6 nitrogen and oxygen atoms in total. The Kier molecular flexibility index (Phi) is 9.59. The van der Waals surface area contributed by atoms with E-state index >= 15 is 0 Å². The summed E-state index contributed by atoms with van der Waals surface area (Å²) < 4.78 is 16.8. The van der Waals surface area contributed by atoms with Crippen LogP contribution in [0.5, 0.6) is 5.75 Å². The fourth-order valence-corrected chi connectivity index (χ4v) is 4.41. The van der Waals surface area contributed by atoms with Gasteiger partial charge in [0.15, 0.2) is 12.1 Å². The van der Waals surface area contributed by atoms with Gasteiger partial charge >= 0.3 is 5.97 Å². The van der Waals surface area contributed by atoms with Gasteiger partial charge in [0.05, 0.1) is 6.10 Å². The van der Waals surface area contributed by atoms with Crippen molar-refractivity contribution in [1.82, 2.24) is 9.97 Å². The van der Waals surface area contributed by atoms with Crippen molar-refractivity contribution in [2.45, 2.75) is 77.6 Å². The average molecular weight is 489 g/mol. The third-order valence-corrected chi connectivity index (χ3v) is 6.41. The molecule has 36 heavy (non-hydrogen) atoms. The summed E-state index contributed by atoms with van der Waals surface area (Å²) in [4.78, 5) is 20.2. The van der Waals surface area contributed by atoms with Crippen LogP contribution in [0.3, 0.4) is 0 Å². The zero-order valence-electron chi connectivity index (χ0n) is 21.3. The molecule has 6 heteroatoms. The molecule has 4 rings (SSSR count). The van der Waals surface area contributed by atoms with Gasteiger partial charge in [-0.2, -0.15) is 0 Å². The van der Waals surface area contributed by atoms with Crippen LogP contribution < -0.4 is 4.74 Å². The molecule has 1 aliphatic rings. The van der Waals surface area contributed by atoms with Crippen molar-refractivity contribution < 1.29 is 19.0 Å². The van der Waals surface area contributed by atoms with Crippen LogP contribution in [0.1, 0.15) is 64.4 Å². The van der Waals surface area contributed by atoms with Crippen molar-refractivity contribution in [3.63, 3.8) is 0 Å². The highest BCUT2D eigenvalue weighted by molar-refractivity contribution is 5.70. The molecule has 0 aliphatic carbocycles. The van der Waals surface area contributed by atoms with Crippen molar-refractivity contribution in [2.75, 3.05) is 6.61 Å². The largest absolute Gasteiger partial charge is 0.427 e. The molecule has 1 aromatic heterocycles. The lowest BCUT2D eigenvalue weighted by Crippen LogP contribution is -2.26. The normalized spacial score (nSPS) is 16.4. The average Bonchev–Trinajstić information content (AvgIpc) is 2.90. The van der Waals surface area contributed by atoms with Crippen LogP contribution in [-0.4, -0.2) is 34.9 Å². The van der Waals surface area contributed by atoms with Crippen LogP contribution >= 0.6 is 0 Å². The van der Waals surface area contributed by atoms with Crippen LogP contribution in [0.2, 0.25) is 0 Å². The molecule has 3 aromatic rings. The minimum absolute atomic E-state index is 0.00714. The van der Waals surface area contributed by atoms with E-state index in [4.69, 9.17) is 14.2 Å². The van der Waals surface area contributed by atoms with Gasteiger partial charge in [-0.1, -0.05) is 49.2 Å². The minimum Gasteiger partial charge on any atom is -0.427 e. The number of carbonyl (C=O) groups is 1. The number of ether oxygens (including phenoxy) is 3. The maximum absolute atomic E-state index is 11.1. The lowest BCUT2D eigenvalue weighted by Gasteiger charge is -2.26. The van der Waals surface area contributed by atoms with Crippen molar-refractivity contribution in [2.24, 2.45) is 0 Å². The molecular weight excluding hydrogens is 452 g/mol. The molecule has 2 aromatic carbocycles. The highest BCUT2D eigenvalue weighted by Crippen LogP contribution is 2.24. The van der Waals surface area contributed by atoms with Crippen molar-refractivity contribution in [3.8, 4) is 28.3 Å². The molecule has 1 saturated heterocycles. The first-order chi connectivity index (χ1) is 17.6. The van der Waals surface area contributed by atoms with Crippen molar-refractivity contribution in [1.29, 1.82) is 0 Å². The molecule has 0 radical (unpaired) electrons. The smallest absolute Gasteiger partial charge is 0.308 e. The van der Waals surface area contributed by atoms with E-state index < -0.39 is 0 Å². The van der Waals surface area contributed by atoms with Crippen LogP contribution in [0, 0.1) is 0 Å². The number of carbonyl (C=O) groups excluding carboxylic acids is 1. The molecular formula is C30H36N2O4. The lowest BCUT2D eigenvalue weighted by molar-refractivity contribution is -0.185. The Morgan fingerprint density at radius 1 is 0.944 bits per heavy atom. The van der Waals surface area contributed by atoms with Gasteiger partial charge in [0.2, 0.25) is 0 Å². The van der Waals surface area contributed by atoms with Crippen molar-refractivity contribution in [3.05, 3.63) is 66.5 Å². The number of unbranched alkanes of at least 4 members (excludes halogenated alkanes) is 2. The van der Waals surface area contributed by atoms with Crippen LogP contribution in [-0.2, 0) is 20.7 Å². The second-order valence-electron chi connectivity index (χ2n) is 9.45. The molecule has 0 spiro atoms. The Bertz CT molecular complexity index is 1080. The Morgan fingerprint density at radius 3 is 2.33 bits per heavy atom. The Hall–Kier alpha value is -3.09. The van der Waals surface area contributed by atoms with Gasteiger partial charge in [-0.05, 0) is 68.7 Å². The molecule has 1 aliphatic heterocycles. The second kappa shape index (κ2) is 13.3. The summed E-state index contributed by atoms with van der Waals surface area (Å²) in [7, 11) is 0. The zero-order chi connectivity index (χ0) is 25.2. The molecule has 0 N–H and O–H groups in total. The topological polar surface area (TPSA) is 70.5 Å². The van der Waals surface area contributed by atoms with E-state index in [0.717, 1.165) is 49.0 Å². The van der Waals surface area contributed by atoms with Crippen LogP contribution in [0.4, 0.5) is 0 Å². The molecule has 190 valence electrons. The summed E-state index contributed by atoms with van der Waals surface area (Å²) in [5.41, 5.74) is 4.22. The predicted octanol–water partition coefficient (Wildman–Crippen LogP) is 6.77. The van der Waals surface area contributed by atoms with Crippen LogP contribution in [0.15, 0.2) is 60.9 Å². The highest BCUT2D eigenvalue weighted by atomic mass is 16.7. The minimum atomic E-state index is -0.331. The SMILES string of the molecule is CC(=O)Oc1ccc(-c2cnc(-c3ccc(CCCCCC(C)OC4CCCCO4)cc3)nc2)cc1. The van der Waals surface area contributed by atoms with Crippen LogP contribution in [0.25, 0.3) is 22.5 Å². The van der Waals surface area contributed by atoms with E-state index in [9.17, 15) is 4.79 Å². The van der Waals surface area contributed by atoms with E-state index in [1.54, 1.807) is 12.1 Å². The standard InChI is InChI=1S/C30H36N2O4/c1-22(35-29-10-6-7-19-34-29)8-4-3-5-9-24-11-13-26(14-12-24)30-31-20-27(21-32-30)25-15-17-28(18-16-25)36-23(2)33/h11-18,20-22,29H,3-10,19H2,1-2H3. The Balaban J connectivity index is 1.20. The molecule has 2 atom stereocenters. The molecule has 1 fully saturated rings. The summed E-state index contributed by atoms with van der Waals surface area (Å²) in [6, 6.07) is 15.9. The molecule has 0 bridgehead atoms. The number of aromatic nitrogens is 2. The monoisotopic (exact) mass is 488 g/mol. The van der Waals surface area contributed by atoms with Gasteiger partial charge in [-0.25, -0.2) is 9.97 Å². The lowest BCUT2D eigenvalue weighted by atomic mass is 10.0. The number of benzene rings is 2. The summed E-state index contributed by atoms with van der Waals surface area (Å²) >= 11 is 0. The van der Waals surface area contributed by atoms with E-state index in [1.807, 2.05) is 24.5 Å². The van der Waals surface area contributed by atoms with E-state index in [0.29, 0.717) is 11.6 Å². The zero-order valence-corrected chi connectivity index (χ0v) is 21.3. The first kappa shape index (κ1) is 26.0. The summed E-state index contributed by atoms with van der Waals surface area (Å²) in [5.74, 6) is 0.900. The van der Waals surface area contributed by atoms with E-state index in [-0.39, 0.29) is 18.4 Å². The Morgan fingerprint density at radius 2 is 1.67 bits per heavy atom. The number of aryl methyl sites for hydroxylation is 1. The number of rotatable bonds is 11. The highest BCUT2D eigenvalue weighted by Gasteiger charge is 2.16. The number of hydrogen-bond acceptors (Lipinski definition) is 6. The molecule has 0 saturated carbocycles. The fourth-order valence-electron chi connectivity index (χ4n) is 4.41. The third-order valence-electron chi connectivity index (χ3n) is 6.41. The van der Waals surface area contributed by atoms with Gasteiger partial charge in [0.1, 0.15) is 5.75 Å². The van der Waals surface area contributed by atoms with Gasteiger partial charge in [-0.15, -0.1) is 0 Å². The van der Waals surface area contributed by atoms with E-state index in [1.165, 1.54) is 38.2 Å². The molecule has 0 amide bonds. The van der Waals surface area contributed by atoms with Gasteiger partial charge < -0.3 is 14.2 Å². The maximum Gasteiger partial charge on any atom is 0.308 e. The van der Waals surface area contributed by atoms with Gasteiger partial charge in [0, 0.05) is 37.1 Å². The number of esters is 1. The second-order valence-corrected chi connectivity index (χ2v) is 9.45. The Labute approximate surface area is 214 Å². The summed E-state index contributed by atoms with van der Waals surface area (Å²) in [6.45, 7) is 4.38. The quantitative estimate of drug-likeness (QED) is 0.168. The maximum atomic E-state index is 11.1. The van der Waals surface area contributed by atoms with Crippen molar-refractivity contribution >= 4 is 5.97 Å². The summed E-state index contributed by atoms with van der Waals surface area (Å²) in [6.07, 6.45) is 13.0. The summed E-state index contributed by atoms with van der Waals surface area (Å²) in [5, 5.41) is 0. The predicted molar refractivity (Wildman–Crippen MR) is 141 cm³/mol. The fraction of sp³-hybridized carbons (Fsp3) is 0.433. The number of hydrogen-bond donors (Lipinski definition) is 0.